The predicted octanol–water partition coefficient (Wildman–Crippen LogP) is 5.79. The third-order valence-corrected chi connectivity index (χ3v) is 5.30. The van der Waals surface area contributed by atoms with Crippen molar-refractivity contribution in [1.82, 2.24) is 19.7 Å². The van der Waals surface area contributed by atoms with Crippen LogP contribution in [0.5, 0.6) is 0 Å². The Kier molecular flexibility index (Phi) is 6.18. The second-order valence-electron chi connectivity index (χ2n) is 8.23. The summed E-state index contributed by atoms with van der Waals surface area (Å²) in [4.78, 5) is 7.89. The van der Waals surface area contributed by atoms with Gasteiger partial charge in [-0.1, -0.05) is 38.4 Å². The first-order chi connectivity index (χ1) is 13.6. The van der Waals surface area contributed by atoms with Gasteiger partial charge in [0.2, 0.25) is 0 Å². The van der Waals surface area contributed by atoms with Gasteiger partial charge in [0.15, 0.2) is 5.82 Å². The minimum atomic E-state index is -0.641. The number of rotatable bonds is 2. The third-order valence-electron chi connectivity index (χ3n) is 5.01. The van der Waals surface area contributed by atoms with Crippen molar-refractivity contribution >= 4 is 52.2 Å². The predicted molar refractivity (Wildman–Crippen MR) is 118 cm³/mol. The van der Waals surface area contributed by atoms with Crippen LogP contribution in [0, 0.1) is 18.6 Å². The molecule has 0 saturated carbocycles. The number of H-pyrrole nitrogens is 1. The van der Waals surface area contributed by atoms with Crippen LogP contribution in [0.4, 0.5) is 8.78 Å². The minimum Gasteiger partial charge on any atom is -0.337 e. The molecule has 1 N–H and O–H groups in total. The van der Waals surface area contributed by atoms with E-state index in [1.165, 1.54) is 24.3 Å². The van der Waals surface area contributed by atoms with Gasteiger partial charge in [-0.05, 0) is 36.8 Å². The van der Waals surface area contributed by atoms with Gasteiger partial charge in [0, 0.05) is 47.6 Å². The van der Waals surface area contributed by atoms with E-state index in [1.807, 2.05) is 14.0 Å². The molecule has 2 heterocycles. The number of aromatic amines is 1. The average Bonchev–Trinajstić information content (AvgIpc) is 3.15. The molecule has 0 saturated heterocycles. The van der Waals surface area contributed by atoms with Crippen LogP contribution in [0.1, 0.15) is 32.0 Å². The van der Waals surface area contributed by atoms with Crippen LogP contribution in [-0.2, 0) is 12.5 Å². The summed E-state index contributed by atoms with van der Waals surface area (Å²) in [6.45, 7) is 8.34. The Labute approximate surface area is 201 Å². The SMILES string of the molecule is Cc1c(C(C)(C)C)nn(C)c1-c1nc2c(Cl)cc(-c3c(F)cccc3F)cc2[nH]1.[Na]. The van der Waals surface area contributed by atoms with E-state index in [9.17, 15) is 8.78 Å². The van der Waals surface area contributed by atoms with E-state index in [2.05, 4.69) is 35.8 Å². The maximum absolute atomic E-state index is 14.2. The second kappa shape index (κ2) is 8.08. The molecule has 2 aromatic carbocycles. The molecule has 0 aliphatic rings. The molecule has 0 unspecified atom stereocenters. The maximum Gasteiger partial charge on any atom is 0.157 e. The van der Waals surface area contributed by atoms with Crippen molar-refractivity contribution in [3.63, 3.8) is 0 Å². The molecule has 1 radical (unpaired) electrons. The van der Waals surface area contributed by atoms with E-state index < -0.39 is 11.6 Å². The number of aromatic nitrogens is 4. The van der Waals surface area contributed by atoms with E-state index in [-0.39, 0.29) is 40.5 Å². The second-order valence-corrected chi connectivity index (χ2v) is 8.64. The quantitative estimate of drug-likeness (QED) is 0.403. The summed E-state index contributed by atoms with van der Waals surface area (Å²) >= 11 is 6.43. The molecule has 0 bridgehead atoms. The fraction of sp³-hybridized carbons (Fsp3) is 0.273. The number of hydrogen-bond acceptors (Lipinski definition) is 2. The molecule has 30 heavy (non-hydrogen) atoms. The number of nitrogens with one attached hydrogen (secondary N) is 1. The van der Waals surface area contributed by atoms with Crippen molar-refractivity contribution in [3.8, 4) is 22.6 Å². The molecule has 0 amide bonds. The number of nitrogens with zero attached hydrogens (tertiary/aromatic N) is 3. The minimum absolute atomic E-state index is 0. The molecule has 4 nitrogen and oxygen atoms in total. The molecule has 4 rings (SSSR count). The van der Waals surface area contributed by atoms with Crippen LogP contribution in [0.2, 0.25) is 5.02 Å². The number of fused-ring (bicyclic) bond motifs is 1. The van der Waals surface area contributed by atoms with Crippen molar-refractivity contribution in [2.45, 2.75) is 33.1 Å². The first-order valence-electron chi connectivity index (χ1n) is 9.26. The van der Waals surface area contributed by atoms with Crippen molar-refractivity contribution in [3.05, 3.63) is 58.2 Å². The maximum atomic E-state index is 14.2. The summed E-state index contributed by atoms with van der Waals surface area (Å²) in [7, 11) is 1.87. The third kappa shape index (κ3) is 3.82. The van der Waals surface area contributed by atoms with E-state index in [0.29, 0.717) is 27.4 Å². The fourth-order valence-electron chi connectivity index (χ4n) is 3.78. The summed E-state index contributed by atoms with van der Waals surface area (Å²) in [5.41, 5.74) is 4.12. The molecule has 151 valence electrons. The van der Waals surface area contributed by atoms with Gasteiger partial charge >= 0.3 is 0 Å². The fourth-order valence-corrected chi connectivity index (χ4v) is 4.04. The van der Waals surface area contributed by atoms with Gasteiger partial charge in [-0.15, -0.1) is 0 Å². The van der Waals surface area contributed by atoms with Crippen molar-refractivity contribution in [2.24, 2.45) is 7.05 Å². The Balaban J connectivity index is 0.00000256. The summed E-state index contributed by atoms with van der Waals surface area (Å²) in [5, 5.41) is 4.98. The molecule has 0 aliphatic carbocycles. The molecule has 0 spiro atoms. The number of halogens is 3. The normalized spacial score (nSPS) is 11.7. The van der Waals surface area contributed by atoms with E-state index >= 15 is 0 Å². The van der Waals surface area contributed by atoms with Crippen molar-refractivity contribution < 1.29 is 8.78 Å². The molecule has 4 aromatic rings. The van der Waals surface area contributed by atoms with E-state index in [4.69, 9.17) is 11.6 Å². The Hall–Kier alpha value is -1.73. The van der Waals surface area contributed by atoms with Gasteiger partial charge in [-0.3, -0.25) is 4.68 Å². The standard InChI is InChI=1S/C22H21ClF2N4.Na/c1-11-19(29(5)28-20(11)22(2,3)4)21-26-16-10-12(9-13(23)18(16)27-21)17-14(24)7-6-8-15(17)25;/h6-10H,1-5H3,(H,26,27);. The number of benzene rings is 2. The number of imidazole rings is 1. The van der Waals surface area contributed by atoms with Crippen LogP contribution in [0.25, 0.3) is 33.7 Å². The zero-order valence-corrected chi connectivity index (χ0v) is 20.6. The first kappa shape index (κ1) is 22.9. The van der Waals surface area contributed by atoms with Crippen molar-refractivity contribution in [2.75, 3.05) is 0 Å². The molecular formula is C22H21ClF2N4Na. The van der Waals surface area contributed by atoms with Crippen molar-refractivity contribution in [1.29, 1.82) is 0 Å². The van der Waals surface area contributed by atoms with Gasteiger partial charge < -0.3 is 4.98 Å². The summed E-state index contributed by atoms with van der Waals surface area (Å²) < 4.78 is 30.3. The zero-order chi connectivity index (χ0) is 21.1. The van der Waals surface area contributed by atoms with E-state index in [0.717, 1.165) is 17.0 Å². The first-order valence-corrected chi connectivity index (χ1v) is 9.64. The smallest absolute Gasteiger partial charge is 0.157 e. The van der Waals surface area contributed by atoms with Gasteiger partial charge in [0.25, 0.3) is 0 Å². The summed E-state index contributed by atoms with van der Waals surface area (Å²) in [5.74, 6) is -0.675. The molecule has 2 aromatic heterocycles. The average molecular weight is 438 g/mol. The van der Waals surface area contributed by atoms with Gasteiger partial charge in [-0.2, -0.15) is 5.10 Å². The Morgan fingerprint density at radius 1 is 1.10 bits per heavy atom. The van der Waals surface area contributed by atoms with E-state index in [1.54, 1.807) is 10.7 Å². The Morgan fingerprint density at radius 3 is 2.30 bits per heavy atom. The molecule has 0 aliphatic heterocycles. The monoisotopic (exact) mass is 437 g/mol. The van der Waals surface area contributed by atoms with Crippen LogP contribution in [0.3, 0.4) is 0 Å². The van der Waals surface area contributed by atoms with Crippen LogP contribution < -0.4 is 0 Å². The van der Waals surface area contributed by atoms with Crippen LogP contribution >= 0.6 is 11.6 Å². The largest absolute Gasteiger partial charge is 0.337 e. The van der Waals surface area contributed by atoms with Gasteiger partial charge in [0.1, 0.15) is 22.8 Å². The zero-order valence-electron chi connectivity index (χ0n) is 17.9. The Bertz CT molecular complexity index is 1230. The molecule has 0 atom stereocenters. The number of hydrogen-bond donors (Lipinski definition) is 1. The van der Waals surface area contributed by atoms with Crippen LogP contribution in [0.15, 0.2) is 30.3 Å². The molecule has 0 fully saturated rings. The number of aryl methyl sites for hydroxylation is 1. The topological polar surface area (TPSA) is 46.5 Å². The van der Waals surface area contributed by atoms with Crippen LogP contribution in [-0.4, -0.2) is 49.3 Å². The summed E-state index contributed by atoms with van der Waals surface area (Å²) in [6, 6.07) is 6.98. The van der Waals surface area contributed by atoms with Gasteiger partial charge in [0.05, 0.1) is 21.8 Å². The summed E-state index contributed by atoms with van der Waals surface area (Å²) in [6.07, 6.45) is 0. The Morgan fingerprint density at radius 2 is 1.73 bits per heavy atom. The van der Waals surface area contributed by atoms with Gasteiger partial charge in [-0.25, -0.2) is 13.8 Å². The molecular weight excluding hydrogens is 417 g/mol. The molecule has 8 heteroatoms.